The van der Waals surface area contributed by atoms with Gasteiger partial charge in [-0.25, -0.2) is 0 Å². The van der Waals surface area contributed by atoms with Crippen LogP contribution in [0.4, 0.5) is 11.4 Å². The van der Waals surface area contributed by atoms with E-state index in [-0.39, 0.29) is 25.4 Å². The first-order chi connectivity index (χ1) is 13.1. The Morgan fingerprint density at radius 1 is 1.22 bits per heavy atom. The second-order valence-electron chi connectivity index (χ2n) is 5.85. The first-order valence-corrected chi connectivity index (χ1v) is 8.31. The lowest BCUT2D eigenvalue weighted by Gasteiger charge is -2.21. The Hall–Kier alpha value is -3.55. The van der Waals surface area contributed by atoms with Gasteiger partial charge in [0.1, 0.15) is 12.3 Å². The molecule has 0 aliphatic carbocycles. The molecule has 0 bridgehead atoms. The number of rotatable bonds is 6. The van der Waals surface area contributed by atoms with E-state index in [1.54, 1.807) is 36.4 Å². The summed E-state index contributed by atoms with van der Waals surface area (Å²) in [7, 11) is 1.28. The zero-order valence-electron chi connectivity index (χ0n) is 14.7. The molecule has 2 N–H and O–H groups in total. The van der Waals surface area contributed by atoms with Gasteiger partial charge in [0, 0.05) is 11.8 Å². The summed E-state index contributed by atoms with van der Waals surface area (Å²) in [5, 5.41) is 5.78. The summed E-state index contributed by atoms with van der Waals surface area (Å²) in [6, 6.07) is 10.6. The maximum Gasteiger partial charge on any atom is 0.311 e. The molecular weight excluding hydrogens is 350 g/mol. The summed E-state index contributed by atoms with van der Waals surface area (Å²) in [5.74, 6) is -0.588. The van der Waals surface area contributed by atoms with Gasteiger partial charge in [-0.05, 0) is 24.3 Å². The standard InChI is InChI=1S/C19H19N3O5/c1-26-19(25)10-13-9-18(24)22(16-7-3-2-6-15(16)21-13)12-17(23)20-11-14-5-4-8-27-14/h2-9,21H,10-12H2,1H3,(H,20,23). The van der Waals surface area contributed by atoms with E-state index in [4.69, 9.17) is 4.42 Å². The number of hydrogen-bond donors (Lipinski definition) is 2. The van der Waals surface area contributed by atoms with Gasteiger partial charge in [-0.3, -0.25) is 19.3 Å². The molecule has 0 spiro atoms. The van der Waals surface area contributed by atoms with E-state index in [0.29, 0.717) is 22.8 Å². The number of methoxy groups -OCH3 is 1. The van der Waals surface area contributed by atoms with Gasteiger partial charge in [0.15, 0.2) is 0 Å². The maximum absolute atomic E-state index is 12.7. The first kappa shape index (κ1) is 18.2. The second kappa shape index (κ2) is 8.22. The summed E-state index contributed by atoms with van der Waals surface area (Å²) in [6.07, 6.45) is 2.75. The Morgan fingerprint density at radius 2 is 2.04 bits per heavy atom. The molecule has 2 heterocycles. The van der Waals surface area contributed by atoms with Gasteiger partial charge in [0.05, 0.1) is 37.7 Å². The molecule has 2 amide bonds. The van der Waals surface area contributed by atoms with Crippen molar-refractivity contribution in [3.63, 3.8) is 0 Å². The summed E-state index contributed by atoms with van der Waals surface area (Å²) in [6.45, 7) is 0.0669. The second-order valence-corrected chi connectivity index (χ2v) is 5.85. The smallest absolute Gasteiger partial charge is 0.311 e. The molecule has 1 aromatic heterocycles. The van der Waals surface area contributed by atoms with E-state index in [9.17, 15) is 14.4 Å². The van der Waals surface area contributed by atoms with Crippen molar-refractivity contribution in [1.29, 1.82) is 0 Å². The van der Waals surface area contributed by atoms with Gasteiger partial charge in [0.25, 0.3) is 5.91 Å². The topological polar surface area (TPSA) is 101 Å². The Bertz CT molecular complexity index is 873. The molecule has 8 nitrogen and oxygen atoms in total. The number of hydrogen-bond acceptors (Lipinski definition) is 6. The molecular formula is C19H19N3O5. The molecule has 1 aliphatic rings. The molecule has 27 heavy (non-hydrogen) atoms. The Morgan fingerprint density at radius 3 is 2.78 bits per heavy atom. The minimum Gasteiger partial charge on any atom is -0.469 e. The number of amides is 2. The number of benzene rings is 1. The molecule has 0 unspecified atom stereocenters. The average molecular weight is 369 g/mol. The van der Waals surface area contributed by atoms with E-state index in [1.165, 1.54) is 24.3 Å². The van der Waals surface area contributed by atoms with E-state index in [2.05, 4.69) is 15.4 Å². The number of furan rings is 1. The number of anilines is 2. The number of carbonyl (C=O) groups is 3. The van der Waals surface area contributed by atoms with Crippen molar-refractivity contribution in [1.82, 2.24) is 5.32 Å². The lowest BCUT2D eigenvalue weighted by atomic mass is 10.2. The predicted octanol–water partition coefficient (Wildman–Crippen LogP) is 1.80. The van der Waals surface area contributed by atoms with Crippen LogP contribution in [-0.4, -0.2) is 31.4 Å². The third-order valence-electron chi connectivity index (χ3n) is 3.96. The van der Waals surface area contributed by atoms with Crippen LogP contribution in [-0.2, 0) is 25.7 Å². The van der Waals surface area contributed by atoms with Gasteiger partial charge >= 0.3 is 5.97 Å². The number of esters is 1. The fraction of sp³-hybridized carbons (Fsp3) is 0.211. The van der Waals surface area contributed by atoms with Crippen molar-refractivity contribution >= 4 is 29.2 Å². The number of fused-ring (bicyclic) bond motifs is 1. The Balaban J connectivity index is 1.77. The van der Waals surface area contributed by atoms with Crippen LogP contribution in [0, 0.1) is 0 Å². The van der Waals surface area contributed by atoms with Crippen LogP contribution in [0.25, 0.3) is 0 Å². The van der Waals surface area contributed by atoms with Gasteiger partial charge in [0.2, 0.25) is 5.91 Å². The van der Waals surface area contributed by atoms with Crippen molar-refractivity contribution in [2.75, 3.05) is 23.9 Å². The van der Waals surface area contributed by atoms with Crippen molar-refractivity contribution in [3.05, 3.63) is 60.2 Å². The molecule has 0 saturated heterocycles. The zero-order valence-corrected chi connectivity index (χ0v) is 14.7. The third-order valence-corrected chi connectivity index (χ3v) is 3.96. The summed E-state index contributed by atoms with van der Waals surface area (Å²) in [5.41, 5.74) is 1.57. The molecule has 1 aliphatic heterocycles. The Kier molecular flexibility index (Phi) is 5.55. The lowest BCUT2D eigenvalue weighted by Crippen LogP contribution is -2.39. The van der Waals surface area contributed by atoms with Crippen LogP contribution in [0.2, 0.25) is 0 Å². The molecule has 1 aromatic carbocycles. The zero-order chi connectivity index (χ0) is 19.2. The van der Waals surface area contributed by atoms with Crippen molar-refractivity contribution in [3.8, 4) is 0 Å². The van der Waals surface area contributed by atoms with E-state index >= 15 is 0 Å². The molecule has 3 rings (SSSR count). The molecule has 0 fully saturated rings. The molecule has 140 valence electrons. The molecule has 0 radical (unpaired) electrons. The largest absolute Gasteiger partial charge is 0.469 e. The number of ether oxygens (including phenoxy) is 1. The fourth-order valence-electron chi connectivity index (χ4n) is 2.65. The SMILES string of the molecule is COC(=O)CC1=CC(=O)N(CC(=O)NCc2ccco2)c2ccccc2N1. The van der Waals surface area contributed by atoms with Crippen LogP contribution in [0.5, 0.6) is 0 Å². The van der Waals surface area contributed by atoms with Crippen molar-refractivity contribution < 1.29 is 23.5 Å². The molecule has 0 atom stereocenters. The highest BCUT2D eigenvalue weighted by Gasteiger charge is 2.24. The van der Waals surface area contributed by atoms with Crippen molar-refractivity contribution in [2.24, 2.45) is 0 Å². The summed E-state index contributed by atoms with van der Waals surface area (Å²) < 4.78 is 9.83. The summed E-state index contributed by atoms with van der Waals surface area (Å²) in [4.78, 5) is 37.9. The van der Waals surface area contributed by atoms with Crippen LogP contribution in [0.3, 0.4) is 0 Å². The monoisotopic (exact) mass is 369 g/mol. The number of carbonyl (C=O) groups excluding carboxylic acids is 3. The van der Waals surface area contributed by atoms with Crippen molar-refractivity contribution in [2.45, 2.75) is 13.0 Å². The van der Waals surface area contributed by atoms with Crippen LogP contribution < -0.4 is 15.5 Å². The fourth-order valence-corrected chi connectivity index (χ4v) is 2.65. The lowest BCUT2D eigenvalue weighted by molar-refractivity contribution is -0.139. The predicted molar refractivity (Wildman–Crippen MR) is 97.7 cm³/mol. The Labute approximate surface area is 155 Å². The molecule has 8 heteroatoms. The van der Waals surface area contributed by atoms with Gasteiger partial charge in [-0.2, -0.15) is 0 Å². The van der Waals surface area contributed by atoms with Crippen LogP contribution >= 0.6 is 0 Å². The van der Waals surface area contributed by atoms with Gasteiger partial charge in [-0.1, -0.05) is 12.1 Å². The van der Waals surface area contributed by atoms with Crippen LogP contribution in [0.1, 0.15) is 12.2 Å². The number of nitrogens with zero attached hydrogens (tertiary/aromatic N) is 1. The van der Waals surface area contributed by atoms with Gasteiger partial charge in [-0.15, -0.1) is 0 Å². The quantitative estimate of drug-likeness (QED) is 0.753. The van der Waals surface area contributed by atoms with E-state index in [1.807, 2.05) is 0 Å². The first-order valence-electron chi connectivity index (χ1n) is 8.31. The highest BCUT2D eigenvalue weighted by atomic mass is 16.5. The third kappa shape index (κ3) is 4.55. The highest BCUT2D eigenvalue weighted by Crippen LogP contribution is 2.30. The average Bonchev–Trinajstić information content (AvgIpc) is 3.14. The molecule has 0 saturated carbocycles. The normalized spacial score (nSPS) is 13.1. The summed E-state index contributed by atoms with van der Waals surface area (Å²) >= 11 is 0. The number of para-hydroxylation sites is 2. The minimum absolute atomic E-state index is 0.0743. The van der Waals surface area contributed by atoms with Gasteiger partial charge < -0.3 is 19.8 Å². The van der Waals surface area contributed by atoms with E-state index in [0.717, 1.165) is 0 Å². The van der Waals surface area contributed by atoms with Crippen LogP contribution in [0.15, 0.2) is 58.9 Å². The maximum atomic E-state index is 12.7. The minimum atomic E-state index is -0.469. The molecule has 2 aromatic rings. The van der Waals surface area contributed by atoms with E-state index < -0.39 is 11.9 Å². The number of nitrogens with one attached hydrogen (secondary N) is 2. The highest BCUT2D eigenvalue weighted by molar-refractivity contribution is 6.09.